The molecule has 0 bridgehead atoms. The van der Waals surface area contributed by atoms with E-state index in [0.717, 1.165) is 12.8 Å². The second kappa shape index (κ2) is 6.99. The molecule has 2 amide bonds. The van der Waals surface area contributed by atoms with Crippen molar-refractivity contribution in [2.75, 3.05) is 6.61 Å². The molecule has 0 radical (unpaired) electrons. The van der Waals surface area contributed by atoms with E-state index >= 15 is 0 Å². The number of nitrogens with one attached hydrogen (secondary N) is 2. The Bertz CT molecular complexity index is 589. The molecule has 2 rings (SSSR count). The van der Waals surface area contributed by atoms with Gasteiger partial charge in [-0.3, -0.25) is 20.2 Å². The Morgan fingerprint density at radius 2 is 1.86 bits per heavy atom. The third-order valence-corrected chi connectivity index (χ3v) is 3.12. The number of hydrogen-bond acceptors (Lipinski definition) is 4. The van der Waals surface area contributed by atoms with Crippen LogP contribution in [0.25, 0.3) is 6.08 Å². The predicted octanol–water partition coefficient (Wildman–Crippen LogP) is 1.78. The first-order valence-electron chi connectivity index (χ1n) is 6.72. The van der Waals surface area contributed by atoms with Crippen LogP contribution in [0.2, 0.25) is 0 Å². The summed E-state index contributed by atoms with van der Waals surface area (Å²) in [6.07, 6.45) is 3.49. The van der Waals surface area contributed by atoms with Gasteiger partial charge in [-0.2, -0.15) is 0 Å². The Hall–Kier alpha value is -2.21. The second-order valence-corrected chi connectivity index (χ2v) is 4.94. The summed E-state index contributed by atoms with van der Waals surface area (Å²) in [5, 5.41) is 4.83. The van der Waals surface area contributed by atoms with Gasteiger partial charge in [-0.25, -0.2) is 0 Å². The summed E-state index contributed by atoms with van der Waals surface area (Å²) in [7, 11) is 0. The van der Waals surface area contributed by atoms with Crippen LogP contribution in [0.5, 0.6) is 5.75 Å². The smallest absolute Gasteiger partial charge is 0.263 e. The summed E-state index contributed by atoms with van der Waals surface area (Å²) in [5.74, 6) is -0.369. The van der Waals surface area contributed by atoms with E-state index in [9.17, 15) is 9.59 Å². The minimum absolute atomic E-state index is 0.00939. The number of carbonyl (C=O) groups is 2. The molecule has 6 heteroatoms. The van der Waals surface area contributed by atoms with Crippen LogP contribution in [0.4, 0.5) is 0 Å². The summed E-state index contributed by atoms with van der Waals surface area (Å²) in [6, 6.07) is 7.27. The molecule has 1 heterocycles. The largest absolute Gasteiger partial charge is 0.493 e. The molecule has 5 nitrogen and oxygen atoms in total. The molecule has 1 aliphatic rings. The number of thiocarbonyl (C=S) groups is 1. The van der Waals surface area contributed by atoms with Crippen LogP contribution in [-0.2, 0) is 9.59 Å². The molecule has 0 saturated carbocycles. The van der Waals surface area contributed by atoms with Crippen molar-refractivity contribution in [3.63, 3.8) is 0 Å². The lowest BCUT2D eigenvalue weighted by Gasteiger charge is -2.17. The molecule has 1 fully saturated rings. The predicted molar refractivity (Wildman–Crippen MR) is 83.7 cm³/mol. The summed E-state index contributed by atoms with van der Waals surface area (Å²) >= 11 is 4.76. The maximum absolute atomic E-state index is 11.8. The molecule has 1 saturated heterocycles. The van der Waals surface area contributed by atoms with Crippen molar-refractivity contribution in [3.8, 4) is 5.75 Å². The van der Waals surface area contributed by atoms with E-state index in [-0.39, 0.29) is 10.7 Å². The van der Waals surface area contributed by atoms with E-state index in [0.29, 0.717) is 17.9 Å². The van der Waals surface area contributed by atoms with Crippen molar-refractivity contribution in [1.29, 1.82) is 0 Å². The van der Waals surface area contributed by atoms with Gasteiger partial charge in [0.25, 0.3) is 11.8 Å². The molecule has 110 valence electrons. The lowest BCUT2D eigenvalue weighted by molar-refractivity contribution is -0.123. The van der Waals surface area contributed by atoms with Gasteiger partial charge in [0.15, 0.2) is 5.11 Å². The van der Waals surface area contributed by atoms with E-state index in [1.807, 2.05) is 18.2 Å². The van der Waals surface area contributed by atoms with Gasteiger partial charge >= 0.3 is 0 Å². The zero-order valence-electron chi connectivity index (χ0n) is 11.6. The summed E-state index contributed by atoms with van der Waals surface area (Å²) in [5.41, 5.74) is 0.692. The molecule has 0 unspecified atom stereocenters. The van der Waals surface area contributed by atoms with Crippen LogP contribution < -0.4 is 15.4 Å². The van der Waals surface area contributed by atoms with Gasteiger partial charge in [-0.1, -0.05) is 31.5 Å². The number of ether oxygens (including phenoxy) is 1. The molecule has 1 aromatic rings. The monoisotopic (exact) mass is 304 g/mol. The lowest BCUT2D eigenvalue weighted by atomic mass is 10.1. The minimum atomic E-state index is -0.507. The Kier molecular flexibility index (Phi) is 5.05. The fraction of sp³-hybridized carbons (Fsp3) is 0.267. The van der Waals surface area contributed by atoms with E-state index in [4.69, 9.17) is 17.0 Å². The Morgan fingerprint density at radius 3 is 2.52 bits per heavy atom. The SMILES string of the molecule is CCCCOc1ccccc1C=C1C(=O)NC(=S)NC1=O. The first kappa shape index (κ1) is 15.2. The van der Waals surface area contributed by atoms with Gasteiger partial charge in [-0.05, 0) is 30.8 Å². The molecule has 0 aliphatic carbocycles. The highest BCUT2D eigenvalue weighted by Crippen LogP contribution is 2.22. The van der Waals surface area contributed by atoms with Crippen molar-refractivity contribution in [2.24, 2.45) is 0 Å². The lowest BCUT2D eigenvalue weighted by Crippen LogP contribution is -2.51. The average molecular weight is 304 g/mol. The number of para-hydroxylation sites is 1. The zero-order valence-corrected chi connectivity index (χ0v) is 12.5. The van der Waals surface area contributed by atoms with Crippen LogP contribution in [0, 0.1) is 0 Å². The topological polar surface area (TPSA) is 67.4 Å². The van der Waals surface area contributed by atoms with E-state index in [1.165, 1.54) is 6.08 Å². The van der Waals surface area contributed by atoms with Gasteiger partial charge in [0.2, 0.25) is 0 Å². The van der Waals surface area contributed by atoms with Gasteiger partial charge in [-0.15, -0.1) is 0 Å². The standard InChI is InChI=1S/C15H16N2O3S/c1-2-3-8-20-12-7-5-4-6-10(12)9-11-13(18)16-15(21)17-14(11)19/h4-7,9H,2-3,8H2,1H3,(H2,16,17,18,19,21). The van der Waals surface area contributed by atoms with Crippen molar-refractivity contribution in [3.05, 3.63) is 35.4 Å². The van der Waals surface area contributed by atoms with Crippen LogP contribution in [0.1, 0.15) is 25.3 Å². The number of carbonyl (C=O) groups excluding carboxylic acids is 2. The molecule has 21 heavy (non-hydrogen) atoms. The van der Waals surface area contributed by atoms with Gasteiger partial charge in [0.1, 0.15) is 11.3 Å². The van der Waals surface area contributed by atoms with Gasteiger partial charge < -0.3 is 4.74 Å². The quantitative estimate of drug-likeness (QED) is 0.377. The molecule has 1 aliphatic heterocycles. The third kappa shape index (κ3) is 3.88. The third-order valence-electron chi connectivity index (χ3n) is 2.92. The van der Waals surface area contributed by atoms with Crippen LogP contribution in [-0.4, -0.2) is 23.5 Å². The molecule has 1 aromatic carbocycles. The molecular weight excluding hydrogens is 288 g/mol. The van der Waals surface area contributed by atoms with Gasteiger partial charge in [0, 0.05) is 5.56 Å². The maximum atomic E-state index is 11.8. The summed E-state index contributed by atoms with van der Waals surface area (Å²) in [6.45, 7) is 2.68. The molecular formula is C15H16N2O3S. The second-order valence-electron chi connectivity index (χ2n) is 4.54. The Morgan fingerprint density at radius 1 is 1.19 bits per heavy atom. The highest BCUT2D eigenvalue weighted by Gasteiger charge is 2.25. The van der Waals surface area contributed by atoms with Crippen molar-refractivity contribution < 1.29 is 14.3 Å². The first-order chi connectivity index (χ1) is 10.1. The molecule has 2 N–H and O–H groups in total. The fourth-order valence-corrected chi connectivity index (χ4v) is 2.00. The Balaban J connectivity index is 2.25. The average Bonchev–Trinajstić information content (AvgIpc) is 2.44. The fourth-order valence-electron chi connectivity index (χ4n) is 1.82. The van der Waals surface area contributed by atoms with Crippen molar-refractivity contribution in [1.82, 2.24) is 10.6 Å². The van der Waals surface area contributed by atoms with E-state index in [2.05, 4.69) is 17.6 Å². The van der Waals surface area contributed by atoms with Crippen LogP contribution >= 0.6 is 12.2 Å². The van der Waals surface area contributed by atoms with E-state index < -0.39 is 11.8 Å². The van der Waals surface area contributed by atoms with E-state index in [1.54, 1.807) is 6.07 Å². The maximum Gasteiger partial charge on any atom is 0.263 e. The van der Waals surface area contributed by atoms with Crippen LogP contribution in [0.15, 0.2) is 29.8 Å². The molecule has 0 aromatic heterocycles. The number of unbranched alkanes of at least 4 members (excludes halogenated alkanes) is 1. The zero-order chi connectivity index (χ0) is 15.2. The number of hydrogen-bond donors (Lipinski definition) is 2. The van der Waals surface area contributed by atoms with Crippen molar-refractivity contribution >= 4 is 35.2 Å². The molecule has 0 spiro atoms. The number of benzene rings is 1. The van der Waals surface area contributed by atoms with Gasteiger partial charge in [0.05, 0.1) is 6.61 Å². The number of amides is 2. The van der Waals surface area contributed by atoms with Crippen LogP contribution in [0.3, 0.4) is 0 Å². The highest BCUT2D eigenvalue weighted by molar-refractivity contribution is 7.80. The Labute approximate surface area is 128 Å². The van der Waals surface area contributed by atoms with Crippen molar-refractivity contribution in [2.45, 2.75) is 19.8 Å². The first-order valence-corrected chi connectivity index (χ1v) is 7.13. The summed E-state index contributed by atoms with van der Waals surface area (Å²) in [4.78, 5) is 23.6. The summed E-state index contributed by atoms with van der Waals surface area (Å²) < 4.78 is 5.68. The number of rotatable bonds is 5. The highest BCUT2D eigenvalue weighted by atomic mass is 32.1. The molecule has 0 atom stereocenters. The normalized spacial score (nSPS) is 14.5. The minimum Gasteiger partial charge on any atom is -0.493 e.